The average Bonchev–Trinajstić information content (AvgIpc) is 3.38. The summed E-state index contributed by atoms with van der Waals surface area (Å²) in [5.41, 5.74) is -0.452. The topological polar surface area (TPSA) is 97.0 Å². The largest absolute Gasteiger partial charge is 0.492 e. The number of halogens is 2. The van der Waals surface area contributed by atoms with Crippen molar-refractivity contribution in [3.8, 4) is 5.75 Å². The van der Waals surface area contributed by atoms with Crippen molar-refractivity contribution in [3.05, 3.63) is 28.5 Å². The number of carbonyl (C=O) groups is 1. The molecule has 1 amide bonds. The highest BCUT2D eigenvalue weighted by Gasteiger charge is 2.39. The van der Waals surface area contributed by atoms with Crippen LogP contribution < -0.4 is 14.8 Å². The molecule has 1 aromatic rings. The van der Waals surface area contributed by atoms with E-state index in [1.54, 1.807) is 0 Å². The van der Waals surface area contributed by atoms with Gasteiger partial charge in [0, 0.05) is 25.7 Å². The fraction of sp³-hybridized carbons (Fsp3) is 0.650. The Morgan fingerprint density at radius 2 is 1.97 bits per heavy atom. The number of ether oxygens (including phenoxy) is 2. The Morgan fingerprint density at radius 3 is 2.65 bits per heavy atom. The van der Waals surface area contributed by atoms with Crippen molar-refractivity contribution in [1.82, 2.24) is 14.3 Å². The van der Waals surface area contributed by atoms with Crippen LogP contribution in [-0.4, -0.2) is 63.6 Å². The Bertz CT molecular complexity index is 914. The quantitative estimate of drug-likeness (QED) is 0.597. The van der Waals surface area contributed by atoms with Crippen molar-refractivity contribution in [3.63, 3.8) is 0 Å². The zero-order chi connectivity index (χ0) is 22.0. The molecule has 172 valence electrons. The van der Waals surface area contributed by atoms with Crippen LogP contribution in [0.3, 0.4) is 0 Å². The van der Waals surface area contributed by atoms with Gasteiger partial charge >= 0.3 is 10.2 Å². The first-order chi connectivity index (χ1) is 14.8. The minimum absolute atomic E-state index is 0.0598. The zero-order valence-corrected chi connectivity index (χ0v) is 18.7. The molecule has 4 rings (SSSR count). The molecule has 1 atom stereocenters. The van der Waals surface area contributed by atoms with E-state index in [-0.39, 0.29) is 36.1 Å². The SMILES string of the molecule is O=C(NS(=O)(=O)N1CC(O[C@@H]2CCNC2)C1)c1cc(Cl)c(OCC2CCCC2)cc1F. The summed E-state index contributed by atoms with van der Waals surface area (Å²) in [6, 6.07) is 2.13. The monoisotopic (exact) mass is 475 g/mol. The summed E-state index contributed by atoms with van der Waals surface area (Å²) in [6.45, 7) is 2.37. The van der Waals surface area contributed by atoms with E-state index in [1.807, 2.05) is 4.72 Å². The summed E-state index contributed by atoms with van der Waals surface area (Å²) < 4.78 is 53.8. The number of hydrogen-bond donors (Lipinski definition) is 2. The number of amides is 1. The summed E-state index contributed by atoms with van der Waals surface area (Å²) >= 11 is 6.15. The number of hydrogen-bond acceptors (Lipinski definition) is 6. The molecule has 2 aliphatic heterocycles. The summed E-state index contributed by atoms with van der Waals surface area (Å²) in [5, 5.41) is 3.24. The van der Waals surface area contributed by atoms with Crippen LogP contribution in [0.15, 0.2) is 12.1 Å². The molecule has 31 heavy (non-hydrogen) atoms. The normalized spacial score (nSPS) is 23.1. The van der Waals surface area contributed by atoms with E-state index in [1.165, 1.54) is 0 Å². The third kappa shape index (κ3) is 5.48. The fourth-order valence-corrected chi connectivity index (χ4v) is 5.55. The van der Waals surface area contributed by atoms with Crippen LogP contribution in [0.25, 0.3) is 0 Å². The first-order valence-corrected chi connectivity index (χ1v) is 12.4. The van der Waals surface area contributed by atoms with Gasteiger partial charge in [-0.2, -0.15) is 12.7 Å². The molecule has 0 radical (unpaired) electrons. The van der Waals surface area contributed by atoms with Crippen LogP contribution in [0.4, 0.5) is 4.39 Å². The standard InChI is InChI=1S/C20H27ClFN3O5S/c21-17-7-16(18(22)8-19(17)29-12-13-3-1-2-4-13)20(26)24-31(27,28)25-10-15(11-25)30-14-5-6-23-9-14/h7-8,13-15,23H,1-6,9-12H2,(H,24,26)/t14-/m1/s1. The number of nitrogens with zero attached hydrogens (tertiary/aromatic N) is 1. The maximum Gasteiger partial charge on any atom is 0.304 e. The van der Waals surface area contributed by atoms with Gasteiger partial charge in [-0.05, 0) is 37.8 Å². The van der Waals surface area contributed by atoms with E-state index in [2.05, 4.69) is 5.32 Å². The summed E-state index contributed by atoms with van der Waals surface area (Å²) in [5.74, 6) is -1.40. The molecule has 0 spiro atoms. The lowest BCUT2D eigenvalue weighted by molar-refractivity contribution is -0.0584. The number of benzene rings is 1. The number of carbonyl (C=O) groups excluding carboxylic acids is 1. The summed E-state index contributed by atoms with van der Waals surface area (Å²) in [4.78, 5) is 12.4. The van der Waals surface area contributed by atoms with Gasteiger partial charge in [0.1, 0.15) is 11.6 Å². The molecule has 2 heterocycles. The van der Waals surface area contributed by atoms with Crippen LogP contribution in [0.5, 0.6) is 5.75 Å². The van der Waals surface area contributed by atoms with E-state index < -0.39 is 27.5 Å². The fourth-order valence-electron chi connectivity index (χ4n) is 4.13. The molecule has 8 nitrogen and oxygen atoms in total. The van der Waals surface area contributed by atoms with Gasteiger partial charge in [-0.3, -0.25) is 4.79 Å². The van der Waals surface area contributed by atoms with E-state index in [4.69, 9.17) is 21.1 Å². The molecule has 3 aliphatic rings. The van der Waals surface area contributed by atoms with Crippen LogP contribution >= 0.6 is 11.6 Å². The molecule has 0 unspecified atom stereocenters. The van der Waals surface area contributed by atoms with Crippen LogP contribution in [0, 0.1) is 11.7 Å². The zero-order valence-electron chi connectivity index (χ0n) is 17.1. The third-order valence-electron chi connectivity index (χ3n) is 5.99. The molecular weight excluding hydrogens is 449 g/mol. The van der Waals surface area contributed by atoms with E-state index >= 15 is 0 Å². The van der Waals surface area contributed by atoms with Crippen molar-refractivity contribution in [1.29, 1.82) is 0 Å². The highest BCUT2D eigenvalue weighted by molar-refractivity contribution is 7.87. The van der Waals surface area contributed by atoms with Gasteiger partial charge in [0.25, 0.3) is 5.91 Å². The second-order valence-corrected chi connectivity index (χ2v) is 10.4. The first-order valence-electron chi connectivity index (χ1n) is 10.6. The first kappa shape index (κ1) is 22.7. The highest BCUT2D eigenvalue weighted by atomic mass is 35.5. The second kappa shape index (κ2) is 9.58. The number of rotatable bonds is 8. The van der Waals surface area contributed by atoms with E-state index in [9.17, 15) is 17.6 Å². The van der Waals surface area contributed by atoms with Gasteiger partial charge in [0.15, 0.2) is 0 Å². The van der Waals surface area contributed by atoms with Gasteiger partial charge in [-0.15, -0.1) is 0 Å². The average molecular weight is 476 g/mol. The molecule has 3 fully saturated rings. The minimum atomic E-state index is -4.10. The van der Waals surface area contributed by atoms with Crippen molar-refractivity contribution in [2.45, 2.75) is 44.3 Å². The third-order valence-corrected chi connectivity index (χ3v) is 7.71. The molecule has 1 aromatic carbocycles. The second-order valence-electron chi connectivity index (χ2n) is 8.35. The molecule has 11 heteroatoms. The van der Waals surface area contributed by atoms with Crippen LogP contribution in [0.2, 0.25) is 5.02 Å². The molecule has 0 aromatic heterocycles. The predicted octanol–water partition coefficient (Wildman–Crippen LogP) is 2.09. The lowest BCUT2D eigenvalue weighted by Crippen LogP contribution is -2.59. The lowest BCUT2D eigenvalue weighted by atomic mass is 10.1. The lowest BCUT2D eigenvalue weighted by Gasteiger charge is -2.38. The van der Waals surface area contributed by atoms with Crippen LogP contribution in [-0.2, 0) is 14.9 Å². The minimum Gasteiger partial charge on any atom is -0.492 e. The Morgan fingerprint density at radius 1 is 1.23 bits per heavy atom. The summed E-state index contributed by atoms with van der Waals surface area (Å²) in [6.07, 6.45) is 5.21. The molecule has 2 saturated heterocycles. The van der Waals surface area contributed by atoms with Gasteiger partial charge in [-0.1, -0.05) is 24.4 Å². The predicted molar refractivity (Wildman–Crippen MR) is 113 cm³/mol. The van der Waals surface area contributed by atoms with Crippen molar-refractivity contribution >= 4 is 27.7 Å². The molecule has 2 N–H and O–H groups in total. The Labute approximate surface area is 186 Å². The Hall–Kier alpha value is -1.46. The molecule has 0 bridgehead atoms. The van der Waals surface area contributed by atoms with Gasteiger partial charge in [-0.25, -0.2) is 9.11 Å². The smallest absolute Gasteiger partial charge is 0.304 e. The van der Waals surface area contributed by atoms with E-state index in [0.29, 0.717) is 12.5 Å². The summed E-state index contributed by atoms with van der Waals surface area (Å²) in [7, 11) is -4.10. The Kier molecular flexibility index (Phi) is 7.02. The van der Waals surface area contributed by atoms with Crippen LogP contribution in [0.1, 0.15) is 42.5 Å². The van der Waals surface area contributed by atoms with Gasteiger partial charge in [0.05, 0.1) is 29.4 Å². The number of nitrogens with one attached hydrogen (secondary N) is 2. The highest BCUT2D eigenvalue weighted by Crippen LogP contribution is 2.31. The molecule has 1 aliphatic carbocycles. The van der Waals surface area contributed by atoms with Crippen molar-refractivity contribution < 1.29 is 27.1 Å². The van der Waals surface area contributed by atoms with Gasteiger partial charge in [0.2, 0.25) is 0 Å². The van der Waals surface area contributed by atoms with Crippen molar-refractivity contribution in [2.24, 2.45) is 5.92 Å². The van der Waals surface area contributed by atoms with Crippen molar-refractivity contribution in [2.75, 3.05) is 32.8 Å². The molecular formula is C20H27ClFN3O5S. The Balaban J connectivity index is 1.32. The maximum absolute atomic E-state index is 14.5. The van der Waals surface area contributed by atoms with Gasteiger partial charge < -0.3 is 14.8 Å². The molecule has 1 saturated carbocycles. The maximum atomic E-state index is 14.5. The van der Waals surface area contributed by atoms with E-state index in [0.717, 1.165) is 61.6 Å².